The minimum absolute atomic E-state index is 0.293. The molecule has 0 atom stereocenters. The highest BCUT2D eigenvalue weighted by atomic mass is 32.2. The number of aromatic nitrogens is 1. The van der Waals surface area contributed by atoms with Crippen LogP contribution in [0.5, 0.6) is 0 Å². The number of hydrogen-bond acceptors (Lipinski definition) is 6. The first-order valence-electron chi connectivity index (χ1n) is 8.85. The van der Waals surface area contributed by atoms with Crippen LogP contribution in [-0.4, -0.2) is 92.0 Å². The van der Waals surface area contributed by atoms with E-state index in [0.717, 1.165) is 5.82 Å². The maximum atomic E-state index is 12.9. The Morgan fingerprint density at radius 2 is 1.65 bits per heavy atom. The van der Waals surface area contributed by atoms with Crippen LogP contribution in [0, 0.1) is 0 Å². The monoisotopic (exact) mass is 383 g/mol. The third kappa shape index (κ3) is 4.08. The molecule has 2 saturated heterocycles. The van der Waals surface area contributed by atoms with Crippen LogP contribution >= 0.6 is 0 Å². The predicted octanol–water partition coefficient (Wildman–Crippen LogP) is 0.223. The molecule has 0 aliphatic carbocycles. The summed E-state index contributed by atoms with van der Waals surface area (Å²) < 4.78 is 33.7. The van der Waals surface area contributed by atoms with Gasteiger partial charge >= 0.3 is 6.09 Å². The zero-order chi connectivity index (χ0) is 18.6. The van der Waals surface area contributed by atoms with Crippen molar-refractivity contribution in [1.82, 2.24) is 18.5 Å². The van der Waals surface area contributed by atoms with E-state index in [1.165, 1.54) is 8.61 Å². The minimum atomic E-state index is -3.51. The number of piperazine rings is 2. The van der Waals surface area contributed by atoms with Gasteiger partial charge in [0.15, 0.2) is 0 Å². The van der Waals surface area contributed by atoms with Gasteiger partial charge in [-0.1, -0.05) is 6.07 Å². The van der Waals surface area contributed by atoms with Crippen molar-refractivity contribution in [3.8, 4) is 0 Å². The van der Waals surface area contributed by atoms with Gasteiger partial charge in [-0.2, -0.15) is 17.0 Å². The van der Waals surface area contributed by atoms with Crippen LogP contribution in [0.25, 0.3) is 0 Å². The summed E-state index contributed by atoms with van der Waals surface area (Å²) in [6, 6.07) is 5.72. The fourth-order valence-corrected chi connectivity index (χ4v) is 4.74. The molecular formula is C16H25N5O4S. The Hall–Kier alpha value is -1.91. The van der Waals surface area contributed by atoms with E-state index in [0.29, 0.717) is 59.0 Å². The first-order valence-corrected chi connectivity index (χ1v) is 10.2. The summed E-state index contributed by atoms with van der Waals surface area (Å²) in [5.74, 6) is 0.868. The summed E-state index contributed by atoms with van der Waals surface area (Å²) in [5, 5.41) is 0. The van der Waals surface area contributed by atoms with Gasteiger partial charge in [-0.25, -0.2) is 9.78 Å². The first-order chi connectivity index (χ1) is 12.5. The van der Waals surface area contributed by atoms with E-state index in [-0.39, 0.29) is 6.09 Å². The van der Waals surface area contributed by atoms with E-state index in [4.69, 9.17) is 4.74 Å². The molecule has 1 amide bonds. The number of carbonyl (C=O) groups is 1. The van der Waals surface area contributed by atoms with Crippen molar-refractivity contribution >= 4 is 22.1 Å². The Morgan fingerprint density at radius 3 is 2.19 bits per heavy atom. The van der Waals surface area contributed by atoms with E-state index >= 15 is 0 Å². The molecule has 0 N–H and O–H groups in total. The molecule has 0 spiro atoms. The van der Waals surface area contributed by atoms with Crippen molar-refractivity contribution < 1.29 is 17.9 Å². The third-order valence-corrected chi connectivity index (χ3v) is 6.66. The Balaban J connectivity index is 1.54. The summed E-state index contributed by atoms with van der Waals surface area (Å²) in [4.78, 5) is 19.7. The van der Waals surface area contributed by atoms with Crippen molar-refractivity contribution in [3.63, 3.8) is 0 Å². The molecule has 2 fully saturated rings. The molecule has 2 aliphatic rings. The summed E-state index contributed by atoms with van der Waals surface area (Å²) in [6.07, 6.45) is 1.36. The van der Waals surface area contributed by atoms with Gasteiger partial charge in [0.2, 0.25) is 0 Å². The predicted molar refractivity (Wildman–Crippen MR) is 97.1 cm³/mol. The van der Waals surface area contributed by atoms with Crippen molar-refractivity contribution in [1.29, 1.82) is 0 Å². The van der Waals surface area contributed by atoms with Crippen LogP contribution in [0.1, 0.15) is 6.92 Å². The van der Waals surface area contributed by atoms with Gasteiger partial charge < -0.3 is 14.5 Å². The van der Waals surface area contributed by atoms with Crippen molar-refractivity contribution in [2.45, 2.75) is 6.92 Å². The van der Waals surface area contributed by atoms with Crippen LogP contribution in [-0.2, 0) is 14.9 Å². The zero-order valence-corrected chi connectivity index (χ0v) is 15.8. The number of nitrogens with zero attached hydrogens (tertiary/aromatic N) is 5. The van der Waals surface area contributed by atoms with Crippen molar-refractivity contribution in [2.24, 2.45) is 0 Å². The topological polar surface area (TPSA) is 86.3 Å². The number of ether oxygens (including phenoxy) is 1. The Labute approximate surface area is 154 Å². The number of anilines is 1. The number of amides is 1. The lowest BCUT2D eigenvalue weighted by Crippen LogP contribution is -2.57. The molecule has 3 heterocycles. The summed E-state index contributed by atoms with van der Waals surface area (Å²) >= 11 is 0. The Bertz CT molecular complexity index is 699. The average molecular weight is 383 g/mol. The third-order valence-electron chi connectivity index (χ3n) is 4.63. The molecule has 1 aromatic heterocycles. The normalized spacial score (nSPS) is 20.2. The average Bonchev–Trinajstić information content (AvgIpc) is 2.69. The molecule has 144 valence electrons. The molecule has 26 heavy (non-hydrogen) atoms. The summed E-state index contributed by atoms with van der Waals surface area (Å²) in [7, 11) is -3.51. The molecule has 0 bridgehead atoms. The van der Waals surface area contributed by atoms with Crippen LogP contribution in [0.15, 0.2) is 24.4 Å². The molecule has 0 radical (unpaired) electrons. The SMILES string of the molecule is CCOC(=O)N1CCN(S(=O)(=O)N2CCN(c3ccccn3)CC2)CC1. The smallest absolute Gasteiger partial charge is 0.409 e. The standard InChI is InChI=1S/C16H25N5O4S/c1-2-25-16(22)19-9-13-21(14-10-19)26(23,24)20-11-7-18(8-12-20)15-5-3-4-6-17-15/h3-6H,2,7-14H2,1H3. The van der Waals surface area contributed by atoms with Gasteiger partial charge in [0.1, 0.15) is 5.82 Å². The number of carbonyl (C=O) groups excluding carboxylic acids is 1. The second kappa shape index (κ2) is 8.19. The fraction of sp³-hybridized carbons (Fsp3) is 0.625. The maximum absolute atomic E-state index is 12.9. The van der Waals surface area contributed by atoms with Gasteiger partial charge in [0.05, 0.1) is 6.61 Å². The molecule has 1 aromatic rings. The lowest BCUT2D eigenvalue weighted by molar-refractivity contribution is 0.0923. The zero-order valence-electron chi connectivity index (χ0n) is 15.0. The highest BCUT2D eigenvalue weighted by Gasteiger charge is 2.35. The highest BCUT2D eigenvalue weighted by molar-refractivity contribution is 7.86. The van der Waals surface area contributed by atoms with E-state index in [2.05, 4.69) is 9.88 Å². The first kappa shape index (κ1) is 18.9. The van der Waals surface area contributed by atoms with Gasteiger partial charge in [0.25, 0.3) is 10.2 Å². The van der Waals surface area contributed by atoms with Gasteiger partial charge in [-0.15, -0.1) is 0 Å². The molecule has 10 heteroatoms. The van der Waals surface area contributed by atoms with Crippen LogP contribution in [0.3, 0.4) is 0 Å². The fourth-order valence-electron chi connectivity index (χ4n) is 3.17. The van der Waals surface area contributed by atoms with Crippen molar-refractivity contribution in [2.75, 3.05) is 63.9 Å². The van der Waals surface area contributed by atoms with E-state index < -0.39 is 10.2 Å². The Morgan fingerprint density at radius 1 is 1.04 bits per heavy atom. The molecule has 0 aromatic carbocycles. The second-order valence-corrected chi connectivity index (χ2v) is 8.10. The molecule has 9 nitrogen and oxygen atoms in total. The lowest BCUT2D eigenvalue weighted by Gasteiger charge is -2.39. The second-order valence-electron chi connectivity index (χ2n) is 6.17. The van der Waals surface area contributed by atoms with E-state index in [9.17, 15) is 13.2 Å². The molecule has 0 unspecified atom stereocenters. The summed E-state index contributed by atoms with van der Waals surface area (Å²) in [6.45, 7) is 5.44. The number of pyridine rings is 1. The van der Waals surface area contributed by atoms with Crippen LogP contribution in [0.2, 0.25) is 0 Å². The highest BCUT2D eigenvalue weighted by Crippen LogP contribution is 2.18. The number of hydrogen-bond donors (Lipinski definition) is 0. The number of rotatable bonds is 4. The summed E-state index contributed by atoms with van der Waals surface area (Å²) in [5.41, 5.74) is 0. The van der Waals surface area contributed by atoms with E-state index in [1.807, 2.05) is 18.2 Å². The van der Waals surface area contributed by atoms with Crippen LogP contribution < -0.4 is 4.90 Å². The van der Waals surface area contributed by atoms with Crippen molar-refractivity contribution in [3.05, 3.63) is 24.4 Å². The van der Waals surface area contributed by atoms with Crippen LogP contribution in [0.4, 0.5) is 10.6 Å². The van der Waals surface area contributed by atoms with Gasteiger partial charge in [-0.05, 0) is 19.1 Å². The largest absolute Gasteiger partial charge is 0.450 e. The molecule has 3 rings (SSSR count). The molecular weight excluding hydrogens is 358 g/mol. The van der Waals surface area contributed by atoms with Gasteiger partial charge in [-0.3, -0.25) is 0 Å². The van der Waals surface area contributed by atoms with Gasteiger partial charge in [0, 0.05) is 58.6 Å². The lowest BCUT2D eigenvalue weighted by atomic mass is 10.3. The van der Waals surface area contributed by atoms with E-state index in [1.54, 1.807) is 18.0 Å². The minimum Gasteiger partial charge on any atom is -0.450 e. The Kier molecular flexibility index (Phi) is 5.94. The maximum Gasteiger partial charge on any atom is 0.409 e. The quantitative estimate of drug-likeness (QED) is 0.739. The molecule has 0 saturated carbocycles. The molecule has 2 aliphatic heterocycles.